The molecule has 2 heterocycles. The third-order valence-electron chi connectivity index (χ3n) is 5.44. The minimum atomic E-state index is -4.85. The first-order valence-electron chi connectivity index (χ1n) is 9.82. The number of fused-ring (bicyclic) bond motifs is 1. The molecular formula is C20H22F3N3O4. The van der Waals surface area contributed by atoms with Crippen molar-refractivity contribution in [1.29, 1.82) is 0 Å². The van der Waals surface area contributed by atoms with Crippen LogP contribution in [-0.4, -0.2) is 45.5 Å². The molecule has 162 valence electrons. The summed E-state index contributed by atoms with van der Waals surface area (Å²) in [6.07, 6.45) is -1.25. The number of phenols is 1. The molecule has 1 fully saturated rings. The van der Waals surface area contributed by atoms with E-state index >= 15 is 0 Å². The molecule has 0 spiro atoms. The number of aromatic hydroxyl groups is 1. The highest BCUT2D eigenvalue weighted by molar-refractivity contribution is 5.73. The summed E-state index contributed by atoms with van der Waals surface area (Å²) in [4.78, 5) is 0. The second kappa shape index (κ2) is 8.27. The minimum absolute atomic E-state index is 0.128. The molecular weight excluding hydrogens is 403 g/mol. The van der Waals surface area contributed by atoms with E-state index in [1.807, 2.05) is 0 Å². The van der Waals surface area contributed by atoms with Crippen LogP contribution < -0.4 is 10.1 Å². The average Bonchev–Trinajstić information content (AvgIpc) is 2.69. The van der Waals surface area contributed by atoms with Gasteiger partial charge in [-0.2, -0.15) is 0 Å². The van der Waals surface area contributed by atoms with Gasteiger partial charge in [-0.05, 0) is 37.0 Å². The van der Waals surface area contributed by atoms with Crippen molar-refractivity contribution in [2.45, 2.75) is 57.2 Å². The van der Waals surface area contributed by atoms with Gasteiger partial charge in [0, 0.05) is 17.2 Å². The first-order valence-corrected chi connectivity index (χ1v) is 9.82. The maximum atomic E-state index is 12.4. The Kier molecular flexibility index (Phi) is 5.70. The zero-order valence-corrected chi connectivity index (χ0v) is 16.1. The molecule has 10 heteroatoms. The quantitative estimate of drug-likeness (QED) is 0.690. The van der Waals surface area contributed by atoms with Crippen molar-refractivity contribution in [1.82, 2.24) is 10.2 Å². The van der Waals surface area contributed by atoms with Crippen molar-refractivity contribution in [3.05, 3.63) is 29.3 Å². The van der Waals surface area contributed by atoms with E-state index in [-0.39, 0.29) is 17.4 Å². The fraction of sp³-hybridized carbons (Fsp3) is 0.500. The average molecular weight is 425 g/mol. The number of nitrogens with one attached hydrogen (secondary N) is 1. The Morgan fingerprint density at radius 1 is 1.13 bits per heavy atom. The third kappa shape index (κ3) is 4.44. The summed E-state index contributed by atoms with van der Waals surface area (Å²) in [7, 11) is 0. The van der Waals surface area contributed by atoms with Crippen LogP contribution in [0.25, 0.3) is 11.3 Å². The topological polar surface area (TPSA) is 96.7 Å². The van der Waals surface area contributed by atoms with Crippen LogP contribution in [0.4, 0.5) is 19.0 Å². The van der Waals surface area contributed by atoms with E-state index < -0.39 is 18.2 Å². The Balaban J connectivity index is 1.66. The van der Waals surface area contributed by atoms with Crippen molar-refractivity contribution in [3.8, 4) is 22.8 Å². The lowest BCUT2D eigenvalue weighted by Gasteiger charge is -2.30. The third-order valence-corrected chi connectivity index (χ3v) is 5.44. The summed E-state index contributed by atoms with van der Waals surface area (Å²) in [5.41, 5.74) is 2.24. The SMILES string of the molecule is Oc1cc(OC(F)(F)F)ccc1-c1nnc(N[C@@H]2CCCC[C@@H]2O)c2c1CCOC2. The Labute approximate surface area is 170 Å². The summed E-state index contributed by atoms with van der Waals surface area (Å²) in [5.74, 6) is -0.377. The van der Waals surface area contributed by atoms with Crippen molar-refractivity contribution >= 4 is 5.82 Å². The van der Waals surface area contributed by atoms with Crippen LogP contribution in [0.1, 0.15) is 36.8 Å². The van der Waals surface area contributed by atoms with E-state index in [1.54, 1.807) is 0 Å². The largest absolute Gasteiger partial charge is 0.573 e. The number of aromatic nitrogens is 2. The predicted octanol–water partition coefficient (Wildman–Crippen LogP) is 3.54. The number of aliphatic hydroxyl groups excluding tert-OH is 1. The number of ether oxygens (including phenoxy) is 2. The second-order valence-corrected chi connectivity index (χ2v) is 7.49. The molecule has 4 rings (SSSR count). The van der Waals surface area contributed by atoms with Gasteiger partial charge in [0.25, 0.3) is 0 Å². The van der Waals surface area contributed by atoms with Gasteiger partial charge < -0.3 is 25.0 Å². The molecule has 0 radical (unpaired) electrons. The van der Waals surface area contributed by atoms with Gasteiger partial charge >= 0.3 is 6.36 Å². The van der Waals surface area contributed by atoms with Crippen LogP contribution in [0.3, 0.4) is 0 Å². The fourth-order valence-corrected chi connectivity index (χ4v) is 3.98. The van der Waals surface area contributed by atoms with Crippen molar-refractivity contribution in [3.63, 3.8) is 0 Å². The predicted molar refractivity (Wildman–Crippen MR) is 101 cm³/mol. The number of phenolic OH excluding ortho intramolecular Hbond substituents is 1. The number of hydrogen-bond acceptors (Lipinski definition) is 7. The van der Waals surface area contributed by atoms with Gasteiger partial charge in [0.2, 0.25) is 0 Å². The molecule has 1 saturated carbocycles. The van der Waals surface area contributed by atoms with Crippen molar-refractivity contribution in [2.24, 2.45) is 0 Å². The molecule has 1 aliphatic heterocycles. The number of alkyl halides is 3. The Morgan fingerprint density at radius 2 is 1.93 bits per heavy atom. The highest BCUT2D eigenvalue weighted by Gasteiger charge is 2.32. The molecule has 1 aromatic heterocycles. The second-order valence-electron chi connectivity index (χ2n) is 7.49. The Bertz CT molecular complexity index is 923. The van der Waals surface area contributed by atoms with E-state index in [9.17, 15) is 23.4 Å². The summed E-state index contributed by atoms with van der Waals surface area (Å²) in [6, 6.07) is 3.23. The molecule has 30 heavy (non-hydrogen) atoms. The van der Waals surface area contributed by atoms with Crippen LogP contribution in [0.15, 0.2) is 18.2 Å². The summed E-state index contributed by atoms with van der Waals surface area (Å²) in [6.45, 7) is 0.742. The molecule has 2 aliphatic rings. The fourth-order valence-electron chi connectivity index (χ4n) is 3.98. The van der Waals surface area contributed by atoms with Crippen molar-refractivity contribution < 1.29 is 32.9 Å². The molecule has 7 nitrogen and oxygen atoms in total. The van der Waals surface area contributed by atoms with Gasteiger partial charge in [0.15, 0.2) is 5.82 Å². The van der Waals surface area contributed by atoms with E-state index in [2.05, 4.69) is 20.3 Å². The number of anilines is 1. The van der Waals surface area contributed by atoms with E-state index in [1.165, 1.54) is 6.07 Å². The zero-order valence-electron chi connectivity index (χ0n) is 16.1. The zero-order chi connectivity index (χ0) is 21.3. The standard InChI is InChI=1S/C20H22F3N3O4/c21-20(22,23)30-11-5-6-13(17(28)9-11)18-12-7-8-29-10-14(12)19(26-25-18)24-15-3-1-2-4-16(15)27/h5-6,9,15-16,27-28H,1-4,7-8,10H2,(H,24,26)/t15-,16+/m1/s1. The first kappa shape index (κ1) is 20.7. The highest BCUT2D eigenvalue weighted by atomic mass is 19.4. The lowest BCUT2D eigenvalue weighted by atomic mass is 9.92. The van der Waals surface area contributed by atoms with E-state index in [0.717, 1.165) is 48.9 Å². The summed E-state index contributed by atoms with van der Waals surface area (Å²) in [5, 5.41) is 32.3. The lowest BCUT2D eigenvalue weighted by molar-refractivity contribution is -0.274. The molecule has 0 saturated heterocycles. The van der Waals surface area contributed by atoms with Gasteiger partial charge in [-0.3, -0.25) is 0 Å². The molecule has 3 N–H and O–H groups in total. The Morgan fingerprint density at radius 3 is 2.67 bits per heavy atom. The van der Waals surface area contributed by atoms with E-state index in [4.69, 9.17) is 4.74 Å². The van der Waals surface area contributed by atoms with Gasteiger partial charge in [-0.25, -0.2) is 0 Å². The monoisotopic (exact) mass is 425 g/mol. The van der Waals surface area contributed by atoms with Gasteiger partial charge in [0.1, 0.15) is 17.2 Å². The number of aliphatic hydroxyl groups is 1. The highest BCUT2D eigenvalue weighted by Crippen LogP contribution is 2.38. The number of rotatable bonds is 4. The minimum Gasteiger partial charge on any atom is -0.507 e. The lowest BCUT2D eigenvalue weighted by Crippen LogP contribution is -2.37. The molecule has 1 aromatic carbocycles. The summed E-state index contributed by atoms with van der Waals surface area (Å²) >= 11 is 0. The molecule has 0 unspecified atom stereocenters. The number of hydrogen-bond donors (Lipinski definition) is 3. The number of nitrogens with zero attached hydrogens (tertiary/aromatic N) is 2. The van der Waals surface area contributed by atoms with Crippen LogP contribution in [0, 0.1) is 0 Å². The molecule has 2 atom stereocenters. The number of halogens is 3. The molecule has 1 aliphatic carbocycles. The number of benzene rings is 1. The Hall–Kier alpha value is -2.59. The molecule has 2 aromatic rings. The normalized spacial score (nSPS) is 21.7. The van der Waals surface area contributed by atoms with Crippen LogP contribution in [-0.2, 0) is 17.8 Å². The maximum absolute atomic E-state index is 12.4. The van der Waals surface area contributed by atoms with Crippen LogP contribution in [0.2, 0.25) is 0 Å². The molecule has 0 amide bonds. The van der Waals surface area contributed by atoms with Gasteiger partial charge in [-0.1, -0.05) is 12.8 Å². The molecule has 0 bridgehead atoms. The van der Waals surface area contributed by atoms with Crippen LogP contribution in [0.5, 0.6) is 11.5 Å². The first-order chi connectivity index (χ1) is 14.3. The van der Waals surface area contributed by atoms with Gasteiger partial charge in [0.05, 0.1) is 25.4 Å². The van der Waals surface area contributed by atoms with Gasteiger partial charge in [-0.15, -0.1) is 23.4 Å². The smallest absolute Gasteiger partial charge is 0.507 e. The summed E-state index contributed by atoms with van der Waals surface area (Å²) < 4.78 is 46.7. The maximum Gasteiger partial charge on any atom is 0.573 e. The van der Waals surface area contributed by atoms with Crippen molar-refractivity contribution in [2.75, 3.05) is 11.9 Å². The van der Waals surface area contributed by atoms with Crippen LogP contribution >= 0.6 is 0 Å². The van der Waals surface area contributed by atoms with E-state index in [0.29, 0.717) is 31.1 Å².